The van der Waals surface area contributed by atoms with Crippen LogP contribution in [0.25, 0.3) is 16.8 Å². The van der Waals surface area contributed by atoms with E-state index in [2.05, 4.69) is 22.9 Å². The lowest BCUT2D eigenvalue weighted by molar-refractivity contribution is -0.0925. The first-order valence-electron chi connectivity index (χ1n) is 8.95. The van der Waals surface area contributed by atoms with Crippen LogP contribution in [-0.4, -0.2) is 30.5 Å². The summed E-state index contributed by atoms with van der Waals surface area (Å²) < 4.78 is 11.3. The van der Waals surface area contributed by atoms with Crippen LogP contribution in [-0.2, 0) is 9.47 Å². The van der Waals surface area contributed by atoms with Crippen molar-refractivity contribution < 1.29 is 9.47 Å². The van der Waals surface area contributed by atoms with Gasteiger partial charge in [0, 0.05) is 40.2 Å². The second kappa shape index (κ2) is 7.32. The van der Waals surface area contributed by atoms with Crippen LogP contribution in [0.3, 0.4) is 0 Å². The highest BCUT2D eigenvalue weighted by atomic mass is 35.5. The lowest BCUT2D eigenvalue weighted by Crippen LogP contribution is -2.32. The number of halogens is 1. The van der Waals surface area contributed by atoms with Gasteiger partial charge in [0.15, 0.2) is 6.29 Å². The highest BCUT2D eigenvalue weighted by Gasteiger charge is 2.31. The van der Waals surface area contributed by atoms with Crippen LogP contribution in [0.4, 0.5) is 5.69 Å². The van der Waals surface area contributed by atoms with E-state index in [0.29, 0.717) is 17.1 Å². The third kappa shape index (κ3) is 3.39. The largest absolute Gasteiger partial charge is 0.382 e. The molecule has 4 rings (SSSR count). The van der Waals surface area contributed by atoms with E-state index < -0.39 is 0 Å². The molecule has 2 aliphatic rings. The first-order valence-corrected chi connectivity index (χ1v) is 9.33. The van der Waals surface area contributed by atoms with Crippen molar-refractivity contribution >= 4 is 34.1 Å². The van der Waals surface area contributed by atoms with Gasteiger partial charge in [-0.15, -0.1) is 0 Å². The molecule has 0 radical (unpaired) electrons. The van der Waals surface area contributed by atoms with Crippen LogP contribution < -0.4 is 5.32 Å². The van der Waals surface area contributed by atoms with Crippen molar-refractivity contribution in [2.24, 2.45) is 5.92 Å². The molecule has 132 valence electrons. The Morgan fingerprint density at radius 2 is 1.92 bits per heavy atom. The predicted molar refractivity (Wildman–Crippen MR) is 102 cm³/mol. The Labute approximate surface area is 153 Å². The average molecular weight is 359 g/mol. The predicted octanol–water partition coefficient (Wildman–Crippen LogP) is 4.87. The van der Waals surface area contributed by atoms with Crippen LogP contribution in [0.1, 0.15) is 31.2 Å². The monoisotopic (exact) mass is 358 g/mol. The summed E-state index contributed by atoms with van der Waals surface area (Å²) in [7, 11) is 0. The molecular weight excluding hydrogens is 336 g/mol. The highest BCUT2D eigenvalue weighted by Crippen LogP contribution is 2.35. The second-order valence-electron chi connectivity index (χ2n) is 6.80. The van der Waals surface area contributed by atoms with E-state index in [9.17, 15) is 0 Å². The fourth-order valence-electron chi connectivity index (χ4n) is 3.98. The quantitative estimate of drug-likeness (QED) is 0.791. The van der Waals surface area contributed by atoms with E-state index in [1.165, 1.54) is 0 Å². The second-order valence-corrected chi connectivity index (χ2v) is 7.16. The van der Waals surface area contributed by atoms with Crippen molar-refractivity contribution in [3.8, 4) is 0 Å². The van der Waals surface area contributed by atoms with Gasteiger partial charge in [-0.3, -0.25) is 0 Å². The molecule has 1 saturated heterocycles. The van der Waals surface area contributed by atoms with E-state index in [4.69, 9.17) is 21.1 Å². The van der Waals surface area contributed by atoms with E-state index in [1.54, 1.807) is 6.20 Å². The zero-order valence-electron chi connectivity index (χ0n) is 14.2. The summed E-state index contributed by atoms with van der Waals surface area (Å²) in [4.78, 5) is 4.26. The molecule has 0 amide bonds. The van der Waals surface area contributed by atoms with Gasteiger partial charge >= 0.3 is 0 Å². The number of hydrogen-bond acceptors (Lipinski definition) is 4. The molecule has 1 aliphatic carbocycles. The number of benzene rings is 1. The highest BCUT2D eigenvalue weighted by molar-refractivity contribution is 6.35. The van der Waals surface area contributed by atoms with Crippen molar-refractivity contribution in [2.45, 2.75) is 38.0 Å². The first-order chi connectivity index (χ1) is 12.3. The van der Waals surface area contributed by atoms with Gasteiger partial charge in [-0.1, -0.05) is 36.4 Å². The zero-order chi connectivity index (χ0) is 17.2. The Hall–Kier alpha value is -1.62. The van der Waals surface area contributed by atoms with Gasteiger partial charge < -0.3 is 14.8 Å². The Bertz CT molecular complexity index is 766. The molecule has 1 aliphatic heterocycles. The third-order valence-corrected chi connectivity index (χ3v) is 5.58. The average Bonchev–Trinajstić information content (AvgIpc) is 3.18. The molecule has 0 atom stereocenters. The van der Waals surface area contributed by atoms with Crippen molar-refractivity contribution in [1.29, 1.82) is 0 Å². The van der Waals surface area contributed by atoms with Crippen molar-refractivity contribution in [2.75, 3.05) is 18.5 Å². The Morgan fingerprint density at radius 3 is 2.64 bits per heavy atom. The summed E-state index contributed by atoms with van der Waals surface area (Å²) >= 11 is 6.29. The van der Waals surface area contributed by atoms with E-state index in [-0.39, 0.29) is 6.29 Å². The normalized spacial score (nSPS) is 24.5. The standard InChI is InChI=1S/C20H23ClN2O2/c1-2-13-12-22-19(21)16-4-3-5-17(18(13)16)23-15-8-6-14(7-9-15)20-24-10-11-25-20/h2-5,12,14-15,20,23H,1,6-11H2. The maximum absolute atomic E-state index is 6.29. The Balaban J connectivity index is 1.51. The van der Waals surface area contributed by atoms with Gasteiger partial charge in [-0.2, -0.15) is 0 Å². The summed E-state index contributed by atoms with van der Waals surface area (Å²) in [5.41, 5.74) is 2.11. The number of anilines is 1. The number of ether oxygens (including phenoxy) is 2. The molecule has 2 heterocycles. The summed E-state index contributed by atoms with van der Waals surface area (Å²) in [6.07, 6.45) is 8.12. The number of rotatable bonds is 4. The maximum atomic E-state index is 6.29. The van der Waals surface area contributed by atoms with E-state index in [0.717, 1.165) is 60.9 Å². The third-order valence-electron chi connectivity index (χ3n) is 5.28. The van der Waals surface area contributed by atoms with Gasteiger partial charge in [-0.25, -0.2) is 4.98 Å². The minimum absolute atomic E-state index is 0.00996. The summed E-state index contributed by atoms with van der Waals surface area (Å²) in [5.74, 6) is 0.524. The van der Waals surface area contributed by atoms with Crippen LogP contribution >= 0.6 is 11.6 Å². The lowest BCUT2D eigenvalue weighted by atomic mass is 9.85. The lowest BCUT2D eigenvalue weighted by Gasteiger charge is -2.32. The molecule has 1 aromatic carbocycles. The molecule has 5 heteroatoms. The summed E-state index contributed by atoms with van der Waals surface area (Å²) in [6.45, 7) is 5.38. The van der Waals surface area contributed by atoms with Crippen molar-refractivity contribution in [1.82, 2.24) is 4.98 Å². The van der Waals surface area contributed by atoms with Gasteiger partial charge in [-0.05, 0) is 31.7 Å². The number of pyridine rings is 1. The summed E-state index contributed by atoms with van der Waals surface area (Å²) in [5, 5.41) is 6.31. The molecule has 2 fully saturated rings. The maximum Gasteiger partial charge on any atom is 0.160 e. The smallest absolute Gasteiger partial charge is 0.160 e. The van der Waals surface area contributed by atoms with E-state index in [1.807, 2.05) is 18.2 Å². The molecular formula is C20H23ClN2O2. The number of hydrogen-bond donors (Lipinski definition) is 1. The van der Waals surface area contributed by atoms with Gasteiger partial charge in [0.1, 0.15) is 5.15 Å². The molecule has 1 saturated carbocycles. The van der Waals surface area contributed by atoms with Crippen molar-refractivity contribution in [3.63, 3.8) is 0 Å². The number of nitrogens with zero attached hydrogens (tertiary/aromatic N) is 1. The number of aromatic nitrogens is 1. The van der Waals surface area contributed by atoms with Gasteiger partial charge in [0.2, 0.25) is 0 Å². The molecule has 1 aromatic heterocycles. The molecule has 25 heavy (non-hydrogen) atoms. The first kappa shape index (κ1) is 16.8. The van der Waals surface area contributed by atoms with Crippen LogP contribution in [0.15, 0.2) is 31.0 Å². The molecule has 0 bridgehead atoms. The minimum Gasteiger partial charge on any atom is -0.382 e. The van der Waals surface area contributed by atoms with Crippen LogP contribution in [0.5, 0.6) is 0 Å². The molecule has 0 unspecified atom stereocenters. The van der Waals surface area contributed by atoms with Crippen LogP contribution in [0, 0.1) is 5.92 Å². The fourth-order valence-corrected chi connectivity index (χ4v) is 4.18. The van der Waals surface area contributed by atoms with E-state index >= 15 is 0 Å². The number of fused-ring (bicyclic) bond motifs is 1. The van der Waals surface area contributed by atoms with Gasteiger partial charge in [0.25, 0.3) is 0 Å². The Kier molecular flexibility index (Phi) is 4.93. The molecule has 1 N–H and O–H groups in total. The molecule has 0 spiro atoms. The SMILES string of the molecule is C=Cc1cnc(Cl)c2cccc(NC3CCC(C4OCCO4)CC3)c12. The number of nitrogens with one attached hydrogen (secondary N) is 1. The molecule has 2 aromatic rings. The fraction of sp³-hybridized carbons (Fsp3) is 0.450. The zero-order valence-corrected chi connectivity index (χ0v) is 15.0. The topological polar surface area (TPSA) is 43.4 Å². The molecule has 4 nitrogen and oxygen atoms in total. The minimum atomic E-state index is 0.00996. The van der Waals surface area contributed by atoms with Crippen LogP contribution in [0.2, 0.25) is 5.15 Å². The van der Waals surface area contributed by atoms with Gasteiger partial charge in [0.05, 0.1) is 13.2 Å². The van der Waals surface area contributed by atoms with Crippen molar-refractivity contribution in [3.05, 3.63) is 41.7 Å². The summed E-state index contributed by atoms with van der Waals surface area (Å²) in [6, 6.07) is 6.60. The Morgan fingerprint density at radius 1 is 1.16 bits per heavy atom.